The van der Waals surface area contributed by atoms with Crippen molar-refractivity contribution < 1.29 is 9.18 Å². The molecule has 1 heterocycles. The van der Waals surface area contributed by atoms with Crippen LogP contribution in [-0.2, 0) is 17.8 Å². The van der Waals surface area contributed by atoms with Crippen molar-refractivity contribution in [1.82, 2.24) is 9.88 Å². The van der Waals surface area contributed by atoms with Gasteiger partial charge in [0.05, 0.1) is 0 Å². The van der Waals surface area contributed by atoms with Gasteiger partial charge in [-0.1, -0.05) is 42.8 Å². The Morgan fingerprint density at radius 3 is 2.62 bits per heavy atom. The molecule has 1 saturated carbocycles. The smallest absolute Gasteiger partial charge is 0.225 e. The summed E-state index contributed by atoms with van der Waals surface area (Å²) >= 11 is 0. The predicted octanol–water partition coefficient (Wildman–Crippen LogP) is 4.68. The zero-order valence-corrected chi connectivity index (χ0v) is 14.7. The number of H-pyrrole nitrogens is 1. The van der Waals surface area contributed by atoms with Gasteiger partial charge < -0.3 is 9.88 Å². The van der Waals surface area contributed by atoms with Crippen molar-refractivity contribution in [3.63, 3.8) is 0 Å². The van der Waals surface area contributed by atoms with Crippen LogP contribution in [0.3, 0.4) is 0 Å². The maximum absolute atomic E-state index is 14.1. The van der Waals surface area contributed by atoms with Crippen LogP contribution in [0.4, 0.5) is 4.39 Å². The van der Waals surface area contributed by atoms with Gasteiger partial charge in [-0.25, -0.2) is 4.39 Å². The van der Waals surface area contributed by atoms with Gasteiger partial charge in [0, 0.05) is 41.7 Å². The van der Waals surface area contributed by atoms with Gasteiger partial charge in [-0.3, -0.25) is 4.79 Å². The predicted molar refractivity (Wildman–Crippen MR) is 101 cm³/mol. The summed E-state index contributed by atoms with van der Waals surface area (Å²) in [4.78, 5) is 18.0. The van der Waals surface area contributed by atoms with E-state index < -0.39 is 0 Å². The van der Waals surface area contributed by atoms with E-state index in [0.29, 0.717) is 18.7 Å². The first-order valence-corrected chi connectivity index (χ1v) is 9.29. The van der Waals surface area contributed by atoms with E-state index in [9.17, 15) is 9.18 Å². The van der Waals surface area contributed by atoms with Gasteiger partial charge >= 0.3 is 0 Å². The van der Waals surface area contributed by atoms with E-state index in [1.807, 2.05) is 29.3 Å². The first kappa shape index (κ1) is 16.8. The molecule has 0 bridgehead atoms. The molecule has 4 rings (SSSR count). The molecule has 0 atom stereocenters. The van der Waals surface area contributed by atoms with Crippen molar-refractivity contribution in [2.75, 3.05) is 6.54 Å². The number of para-hydroxylation sites is 1. The standard InChI is InChI=1S/C22H23FN2O/c23-20-10-3-1-6-18(20)15-25(22(26)16-7-5-8-16)13-12-17-14-24-21-11-4-2-9-19(17)21/h1-4,6,9-11,14,16,24H,5,7-8,12-13,15H2. The number of nitrogens with zero attached hydrogens (tertiary/aromatic N) is 1. The summed E-state index contributed by atoms with van der Waals surface area (Å²) in [5.41, 5.74) is 2.88. The zero-order chi connectivity index (χ0) is 17.9. The van der Waals surface area contributed by atoms with Crippen LogP contribution in [0.15, 0.2) is 54.7 Å². The van der Waals surface area contributed by atoms with Crippen LogP contribution in [0.2, 0.25) is 0 Å². The fourth-order valence-electron chi connectivity index (χ4n) is 3.61. The summed E-state index contributed by atoms with van der Waals surface area (Å²) in [6, 6.07) is 14.9. The summed E-state index contributed by atoms with van der Waals surface area (Å²) < 4.78 is 14.1. The lowest BCUT2D eigenvalue weighted by molar-refractivity contribution is -0.138. The SMILES string of the molecule is O=C(C1CCC1)N(CCc1c[nH]c2ccccc12)Cc1ccccc1F. The molecule has 0 aliphatic heterocycles. The minimum atomic E-state index is -0.244. The highest BCUT2D eigenvalue weighted by atomic mass is 19.1. The number of aromatic nitrogens is 1. The molecule has 26 heavy (non-hydrogen) atoms. The molecule has 0 spiro atoms. The van der Waals surface area contributed by atoms with Crippen LogP contribution >= 0.6 is 0 Å². The highest BCUT2D eigenvalue weighted by Crippen LogP contribution is 2.29. The number of carbonyl (C=O) groups excluding carboxylic acids is 1. The van der Waals surface area contributed by atoms with E-state index in [2.05, 4.69) is 17.1 Å². The lowest BCUT2D eigenvalue weighted by Crippen LogP contribution is -2.39. The molecular formula is C22H23FN2O. The molecule has 1 aliphatic rings. The number of carbonyl (C=O) groups is 1. The minimum absolute atomic E-state index is 0.116. The molecule has 1 N–H and O–H groups in total. The van der Waals surface area contributed by atoms with Gasteiger partial charge in [0.15, 0.2) is 0 Å². The molecule has 4 heteroatoms. The molecule has 0 radical (unpaired) electrons. The third kappa shape index (κ3) is 3.36. The van der Waals surface area contributed by atoms with Gasteiger partial charge in [0.1, 0.15) is 5.82 Å². The number of hydrogen-bond acceptors (Lipinski definition) is 1. The Morgan fingerprint density at radius 1 is 1.08 bits per heavy atom. The molecule has 134 valence electrons. The maximum atomic E-state index is 14.1. The second-order valence-corrected chi connectivity index (χ2v) is 7.09. The van der Waals surface area contributed by atoms with E-state index in [0.717, 1.165) is 31.2 Å². The molecular weight excluding hydrogens is 327 g/mol. The van der Waals surface area contributed by atoms with Crippen molar-refractivity contribution in [3.8, 4) is 0 Å². The lowest BCUT2D eigenvalue weighted by atomic mass is 9.84. The molecule has 1 aromatic heterocycles. The number of nitrogens with one attached hydrogen (secondary N) is 1. The number of fused-ring (bicyclic) bond motifs is 1. The van der Waals surface area contributed by atoms with Crippen molar-refractivity contribution >= 4 is 16.8 Å². The van der Waals surface area contributed by atoms with Crippen LogP contribution in [0.25, 0.3) is 10.9 Å². The van der Waals surface area contributed by atoms with Crippen LogP contribution in [0.1, 0.15) is 30.4 Å². The van der Waals surface area contributed by atoms with Gasteiger partial charge in [0.2, 0.25) is 5.91 Å². The first-order chi connectivity index (χ1) is 12.7. The summed E-state index contributed by atoms with van der Waals surface area (Å²) in [5.74, 6) is 0.0371. The molecule has 1 aliphatic carbocycles. The molecule has 0 unspecified atom stereocenters. The van der Waals surface area contributed by atoms with Crippen molar-refractivity contribution in [3.05, 3.63) is 71.7 Å². The van der Waals surface area contributed by atoms with E-state index in [4.69, 9.17) is 0 Å². The second-order valence-electron chi connectivity index (χ2n) is 7.09. The van der Waals surface area contributed by atoms with Crippen LogP contribution in [0.5, 0.6) is 0 Å². The number of halogens is 1. The zero-order valence-electron chi connectivity index (χ0n) is 14.7. The van der Waals surface area contributed by atoms with Gasteiger partial charge in [-0.2, -0.15) is 0 Å². The van der Waals surface area contributed by atoms with Crippen molar-refractivity contribution in [2.24, 2.45) is 5.92 Å². The Bertz CT molecular complexity index is 913. The number of rotatable bonds is 6. The van der Waals surface area contributed by atoms with Crippen molar-refractivity contribution in [1.29, 1.82) is 0 Å². The van der Waals surface area contributed by atoms with Crippen LogP contribution < -0.4 is 0 Å². The Labute approximate surface area is 152 Å². The third-order valence-corrected chi connectivity index (χ3v) is 5.41. The van der Waals surface area contributed by atoms with E-state index in [1.54, 1.807) is 12.1 Å². The fraction of sp³-hybridized carbons (Fsp3) is 0.318. The van der Waals surface area contributed by atoms with Crippen LogP contribution in [-0.4, -0.2) is 22.3 Å². The number of aromatic amines is 1. The van der Waals surface area contributed by atoms with Crippen LogP contribution in [0, 0.1) is 11.7 Å². The van der Waals surface area contributed by atoms with Crippen molar-refractivity contribution in [2.45, 2.75) is 32.2 Å². The second kappa shape index (κ2) is 7.32. The monoisotopic (exact) mass is 350 g/mol. The molecule has 3 aromatic rings. The Morgan fingerprint density at radius 2 is 1.85 bits per heavy atom. The Kier molecular flexibility index (Phi) is 4.74. The molecule has 1 fully saturated rings. The molecule has 2 aromatic carbocycles. The van der Waals surface area contributed by atoms with Gasteiger partial charge in [-0.05, 0) is 37.0 Å². The summed E-state index contributed by atoms with van der Waals surface area (Å²) in [7, 11) is 0. The highest BCUT2D eigenvalue weighted by Gasteiger charge is 2.29. The van der Waals surface area contributed by atoms with E-state index in [1.165, 1.54) is 17.0 Å². The molecule has 3 nitrogen and oxygen atoms in total. The number of benzene rings is 2. The summed E-state index contributed by atoms with van der Waals surface area (Å²) in [6.45, 7) is 0.940. The highest BCUT2D eigenvalue weighted by molar-refractivity contribution is 5.83. The van der Waals surface area contributed by atoms with E-state index in [-0.39, 0.29) is 17.6 Å². The molecule has 1 amide bonds. The van der Waals surface area contributed by atoms with E-state index >= 15 is 0 Å². The Balaban J connectivity index is 1.52. The fourth-order valence-corrected chi connectivity index (χ4v) is 3.61. The average Bonchev–Trinajstić information content (AvgIpc) is 3.02. The third-order valence-electron chi connectivity index (χ3n) is 5.41. The largest absolute Gasteiger partial charge is 0.361 e. The first-order valence-electron chi connectivity index (χ1n) is 9.29. The normalized spacial score (nSPS) is 14.3. The van der Waals surface area contributed by atoms with Gasteiger partial charge in [-0.15, -0.1) is 0 Å². The van der Waals surface area contributed by atoms with Gasteiger partial charge in [0.25, 0.3) is 0 Å². The minimum Gasteiger partial charge on any atom is -0.361 e. The number of hydrogen-bond donors (Lipinski definition) is 1. The summed E-state index contributed by atoms with van der Waals surface area (Å²) in [6.07, 6.45) is 5.81. The quantitative estimate of drug-likeness (QED) is 0.688. The summed E-state index contributed by atoms with van der Waals surface area (Å²) in [5, 5.41) is 1.19. The number of amides is 1. The average molecular weight is 350 g/mol. The maximum Gasteiger partial charge on any atom is 0.225 e. The molecule has 0 saturated heterocycles. The Hall–Kier alpha value is -2.62. The topological polar surface area (TPSA) is 36.1 Å². The lowest BCUT2D eigenvalue weighted by Gasteiger charge is -2.32.